The third-order valence-electron chi connectivity index (χ3n) is 1.63. The Kier molecular flexibility index (Phi) is 10.7. The Morgan fingerprint density at radius 2 is 1.76 bits per heavy atom. The van der Waals surface area contributed by atoms with Gasteiger partial charge in [-0.25, -0.2) is 4.79 Å². The van der Waals surface area contributed by atoms with E-state index in [-0.39, 0.29) is 11.7 Å². The maximum Gasteiger partial charge on any atom is 0.327 e. The van der Waals surface area contributed by atoms with Crippen molar-refractivity contribution in [3.8, 4) is 0 Å². The Balaban J connectivity index is 0. The van der Waals surface area contributed by atoms with Crippen LogP contribution >= 0.6 is 25.3 Å². The van der Waals surface area contributed by atoms with Gasteiger partial charge >= 0.3 is 5.97 Å². The van der Waals surface area contributed by atoms with Crippen LogP contribution in [0.1, 0.15) is 6.92 Å². The predicted octanol–water partition coefficient (Wildman–Crippen LogP) is 0.128. The fourth-order valence-corrected chi connectivity index (χ4v) is 1.58. The molecule has 0 unspecified atom stereocenters. The molecular weight excluding hydrogens is 260 g/mol. The summed E-state index contributed by atoms with van der Waals surface area (Å²) in [5.41, 5.74) is 0. The number of hydrogen-bond donors (Lipinski definition) is 4. The lowest BCUT2D eigenvalue weighted by molar-refractivity contribution is -0.867. The normalized spacial score (nSPS) is 12.1. The lowest BCUT2D eigenvalue weighted by Gasteiger charge is -2.22. The predicted molar refractivity (Wildman–Crippen MR) is 75.8 cm³/mol. The van der Waals surface area contributed by atoms with Crippen LogP contribution in [0.15, 0.2) is 0 Å². The molecule has 0 fully saturated rings. The summed E-state index contributed by atoms with van der Waals surface area (Å²) >= 11 is 7.83. The number of carboxylic acid groups (broad SMARTS) is 1. The minimum absolute atomic E-state index is 0.106. The average Bonchev–Trinajstić information content (AvgIpc) is 2.12. The fraction of sp³-hybridized carbons (Fsp3) is 0.800. The van der Waals surface area contributed by atoms with E-state index >= 15 is 0 Å². The molecular formula is C10H23N2O3S2+. The molecule has 17 heavy (non-hydrogen) atoms. The molecule has 7 heteroatoms. The zero-order valence-electron chi connectivity index (χ0n) is 10.8. The number of amides is 1. The van der Waals surface area contributed by atoms with E-state index in [0.29, 0.717) is 0 Å². The number of carbonyl (C=O) groups excluding carboxylic acids is 1. The van der Waals surface area contributed by atoms with Crippen molar-refractivity contribution in [3.63, 3.8) is 0 Å². The summed E-state index contributed by atoms with van der Waals surface area (Å²) in [5.74, 6) is -0.343. The van der Waals surface area contributed by atoms with Gasteiger partial charge in [0.15, 0.2) is 0 Å². The first-order valence-corrected chi connectivity index (χ1v) is 6.42. The van der Waals surface area contributed by atoms with E-state index in [2.05, 4.69) is 51.7 Å². The molecule has 0 heterocycles. The van der Waals surface area contributed by atoms with Crippen molar-refractivity contribution in [2.75, 3.05) is 39.2 Å². The van der Waals surface area contributed by atoms with Crippen LogP contribution in [0.3, 0.4) is 0 Å². The van der Waals surface area contributed by atoms with Crippen molar-refractivity contribution in [1.29, 1.82) is 0 Å². The van der Waals surface area contributed by atoms with Crippen LogP contribution in [-0.2, 0) is 9.59 Å². The van der Waals surface area contributed by atoms with Crippen LogP contribution in [0.5, 0.6) is 0 Å². The number of nitrogens with zero attached hydrogens (tertiary/aromatic N) is 1. The number of quaternary nitrogens is 1. The van der Waals surface area contributed by atoms with Crippen molar-refractivity contribution < 1.29 is 19.2 Å². The molecule has 0 bridgehead atoms. The summed E-state index contributed by atoms with van der Waals surface area (Å²) < 4.78 is 1.02. The number of thiol groups is 2. The van der Waals surface area contributed by atoms with Crippen LogP contribution in [0.2, 0.25) is 0 Å². The molecule has 1 amide bonds. The maximum absolute atomic E-state index is 10.3. The molecule has 0 spiro atoms. The van der Waals surface area contributed by atoms with Crippen molar-refractivity contribution >= 4 is 37.1 Å². The minimum Gasteiger partial charge on any atom is -0.480 e. The van der Waals surface area contributed by atoms with Gasteiger partial charge in [-0.1, -0.05) is 0 Å². The largest absolute Gasteiger partial charge is 0.480 e. The summed E-state index contributed by atoms with van der Waals surface area (Å²) in [7, 11) is 6.49. The molecule has 1 atom stereocenters. The zero-order chi connectivity index (χ0) is 14.1. The number of hydrogen-bond acceptors (Lipinski definition) is 4. The van der Waals surface area contributed by atoms with Gasteiger partial charge in [-0.15, -0.1) is 0 Å². The van der Waals surface area contributed by atoms with Gasteiger partial charge in [-0.2, -0.15) is 25.3 Å². The van der Waals surface area contributed by atoms with Gasteiger partial charge in [-0.05, 0) is 0 Å². The standard InChI is InChI=1S/C5H9NO3S.C5H13NS/c1-3(7)6-4(2-10)5(8)9;1-6(2,3)4-5-7/h4,10H,2H2,1H3,(H,6,7)(H,8,9);4-5H2,1-3H3/p+1/t4-;/m0./s1. The lowest BCUT2D eigenvalue weighted by Crippen LogP contribution is -2.40. The second-order valence-corrected chi connectivity index (χ2v) is 5.32. The maximum atomic E-state index is 10.3. The Hall–Kier alpha value is -0.400. The Morgan fingerprint density at radius 1 is 1.29 bits per heavy atom. The smallest absolute Gasteiger partial charge is 0.327 e. The van der Waals surface area contributed by atoms with Gasteiger partial charge in [0.25, 0.3) is 0 Å². The monoisotopic (exact) mass is 283 g/mol. The Morgan fingerprint density at radius 3 is 1.82 bits per heavy atom. The van der Waals surface area contributed by atoms with Gasteiger partial charge in [0.1, 0.15) is 6.04 Å². The Labute approximate surface area is 114 Å². The molecule has 0 rings (SSSR count). The van der Waals surface area contributed by atoms with Crippen molar-refractivity contribution in [1.82, 2.24) is 5.32 Å². The van der Waals surface area contributed by atoms with E-state index in [4.69, 9.17) is 5.11 Å². The first kappa shape index (κ1) is 19.0. The van der Waals surface area contributed by atoms with Crippen molar-refractivity contribution in [2.24, 2.45) is 0 Å². The van der Waals surface area contributed by atoms with Crippen LogP contribution in [0, 0.1) is 0 Å². The molecule has 0 aliphatic carbocycles. The molecule has 0 aliphatic heterocycles. The topological polar surface area (TPSA) is 66.4 Å². The van der Waals surface area contributed by atoms with Crippen molar-refractivity contribution in [3.05, 3.63) is 0 Å². The zero-order valence-corrected chi connectivity index (χ0v) is 12.6. The summed E-state index contributed by atoms with van der Waals surface area (Å²) in [4.78, 5) is 20.5. The molecule has 0 saturated heterocycles. The number of carboxylic acids is 1. The molecule has 0 aromatic carbocycles. The van der Waals surface area contributed by atoms with E-state index in [1.807, 2.05) is 0 Å². The van der Waals surface area contributed by atoms with E-state index in [1.165, 1.54) is 6.92 Å². The molecule has 2 N–H and O–H groups in total. The highest BCUT2D eigenvalue weighted by Gasteiger charge is 2.15. The van der Waals surface area contributed by atoms with Crippen LogP contribution < -0.4 is 5.32 Å². The second-order valence-electron chi connectivity index (χ2n) is 4.51. The summed E-state index contributed by atoms with van der Waals surface area (Å²) in [5, 5.41) is 10.6. The molecule has 0 aromatic heterocycles. The second kappa shape index (κ2) is 9.61. The first-order chi connectivity index (χ1) is 7.64. The summed E-state index contributed by atoms with van der Waals surface area (Å²) in [6, 6.07) is -0.874. The first-order valence-electron chi connectivity index (χ1n) is 5.16. The highest BCUT2D eigenvalue weighted by molar-refractivity contribution is 7.80. The Bertz CT molecular complexity index is 242. The average molecular weight is 283 g/mol. The third-order valence-corrected chi connectivity index (χ3v) is 2.19. The molecule has 0 aliphatic rings. The van der Waals surface area contributed by atoms with E-state index in [9.17, 15) is 9.59 Å². The highest BCUT2D eigenvalue weighted by atomic mass is 32.1. The summed E-state index contributed by atoms with van der Waals surface area (Å²) in [6.07, 6.45) is 0. The number of carbonyl (C=O) groups is 2. The van der Waals surface area contributed by atoms with Crippen molar-refractivity contribution in [2.45, 2.75) is 13.0 Å². The fourth-order valence-electron chi connectivity index (χ4n) is 0.731. The van der Waals surface area contributed by atoms with Crippen LogP contribution in [0.25, 0.3) is 0 Å². The molecule has 0 radical (unpaired) electrons. The summed E-state index contributed by atoms with van der Waals surface area (Å²) in [6.45, 7) is 2.41. The van der Waals surface area contributed by atoms with Crippen LogP contribution in [0.4, 0.5) is 0 Å². The van der Waals surface area contributed by atoms with E-state index in [1.54, 1.807) is 0 Å². The molecule has 0 saturated carbocycles. The van der Waals surface area contributed by atoms with Gasteiger partial charge in [0, 0.05) is 18.4 Å². The van der Waals surface area contributed by atoms with Gasteiger partial charge < -0.3 is 14.9 Å². The van der Waals surface area contributed by atoms with Gasteiger partial charge in [0.05, 0.1) is 27.7 Å². The highest BCUT2D eigenvalue weighted by Crippen LogP contribution is 1.88. The quantitative estimate of drug-likeness (QED) is 0.428. The number of rotatable bonds is 5. The minimum atomic E-state index is -1.06. The van der Waals surface area contributed by atoms with Crippen LogP contribution in [-0.4, -0.2) is 66.7 Å². The lowest BCUT2D eigenvalue weighted by atomic mass is 10.3. The SMILES string of the molecule is CC(=O)N[C@@H](CS)C(=O)O.C[N+](C)(C)CCS. The van der Waals surface area contributed by atoms with Gasteiger partial charge in [-0.3, -0.25) is 4.79 Å². The molecule has 5 nitrogen and oxygen atoms in total. The van der Waals surface area contributed by atoms with E-state index in [0.717, 1.165) is 16.8 Å². The molecule has 0 aromatic rings. The number of aliphatic carboxylic acids is 1. The third kappa shape index (κ3) is 15.6. The van der Waals surface area contributed by atoms with Gasteiger partial charge in [0.2, 0.25) is 5.91 Å². The number of nitrogens with one attached hydrogen (secondary N) is 1. The molecule has 102 valence electrons. The van der Waals surface area contributed by atoms with E-state index < -0.39 is 12.0 Å².